The van der Waals surface area contributed by atoms with Crippen molar-refractivity contribution in [3.63, 3.8) is 0 Å². The summed E-state index contributed by atoms with van der Waals surface area (Å²) in [4.78, 5) is 0. The zero-order valence-electron chi connectivity index (χ0n) is 10.9. The number of nitrogens with two attached hydrogens (primary N) is 1. The molecule has 1 atom stereocenters. The van der Waals surface area contributed by atoms with E-state index in [0.29, 0.717) is 17.3 Å². The second kappa shape index (κ2) is 4.62. The molecule has 0 saturated heterocycles. The molecule has 0 aliphatic heterocycles. The third-order valence-corrected chi connectivity index (χ3v) is 3.68. The molecule has 0 amide bonds. The number of nitrogens with one attached hydrogen (secondary N) is 1. The maximum atomic E-state index is 8.64. The van der Waals surface area contributed by atoms with Gasteiger partial charge in [-0.25, -0.2) is 0 Å². The molecule has 1 saturated carbocycles. The Morgan fingerprint density at radius 3 is 2.56 bits per heavy atom. The average molecular weight is 227 g/mol. The van der Waals surface area contributed by atoms with Crippen LogP contribution in [-0.4, -0.2) is 23.6 Å². The highest BCUT2D eigenvalue weighted by Crippen LogP contribution is 2.44. The van der Waals surface area contributed by atoms with Gasteiger partial charge in [0.2, 0.25) is 0 Å². The van der Waals surface area contributed by atoms with E-state index in [0.717, 1.165) is 19.4 Å². The van der Waals surface area contributed by atoms with E-state index in [2.05, 4.69) is 24.3 Å². The van der Waals surface area contributed by atoms with E-state index < -0.39 is 0 Å². The van der Waals surface area contributed by atoms with Gasteiger partial charge in [-0.2, -0.15) is 0 Å². The lowest BCUT2D eigenvalue weighted by molar-refractivity contribution is 0.304. The van der Waals surface area contributed by atoms with Gasteiger partial charge in [-0.1, -0.05) is 32.9 Å². The molecule has 1 rings (SSSR count). The number of rotatable bonds is 6. The van der Waals surface area contributed by atoms with Gasteiger partial charge in [0, 0.05) is 11.5 Å². The van der Waals surface area contributed by atoms with Crippen molar-refractivity contribution in [3.05, 3.63) is 0 Å². The van der Waals surface area contributed by atoms with Crippen molar-refractivity contribution in [2.24, 2.45) is 21.7 Å². The number of nitrogens with zero attached hydrogens (tertiary/aromatic N) is 1. The first-order valence-corrected chi connectivity index (χ1v) is 6.01. The summed E-state index contributed by atoms with van der Waals surface area (Å²) in [5, 5.41) is 15.3. The molecule has 1 fully saturated rings. The molecule has 0 heterocycles. The van der Waals surface area contributed by atoms with Gasteiger partial charge in [-0.15, -0.1) is 0 Å². The summed E-state index contributed by atoms with van der Waals surface area (Å²) < 4.78 is 0. The van der Waals surface area contributed by atoms with Crippen molar-refractivity contribution in [2.45, 2.75) is 53.0 Å². The maximum Gasteiger partial charge on any atom is 0.144 e. The summed E-state index contributed by atoms with van der Waals surface area (Å²) in [6, 6.07) is 0.680. The SMILES string of the molecule is CC(C)(CCCNC1CC1(C)C)C(N)=NO. The van der Waals surface area contributed by atoms with E-state index in [1.165, 1.54) is 6.42 Å². The topological polar surface area (TPSA) is 70.6 Å². The van der Waals surface area contributed by atoms with Crippen LogP contribution in [0.15, 0.2) is 5.16 Å². The largest absolute Gasteiger partial charge is 0.409 e. The Kier molecular flexibility index (Phi) is 3.84. The van der Waals surface area contributed by atoms with Crippen LogP contribution in [0.4, 0.5) is 0 Å². The number of hydrogen-bond acceptors (Lipinski definition) is 3. The highest BCUT2D eigenvalue weighted by Gasteiger charge is 2.44. The molecule has 1 unspecified atom stereocenters. The first-order valence-electron chi connectivity index (χ1n) is 6.01. The van der Waals surface area contributed by atoms with E-state index in [-0.39, 0.29) is 5.41 Å². The van der Waals surface area contributed by atoms with Crippen LogP contribution in [0.1, 0.15) is 47.0 Å². The normalized spacial score (nSPS) is 24.5. The first-order chi connectivity index (χ1) is 7.29. The molecular weight excluding hydrogens is 202 g/mol. The molecule has 1 aliphatic carbocycles. The summed E-state index contributed by atoms with van der Waals surface area (Å²) in [5.41, 5.74) is 5.90. The minimum Gasteiger partial charge on any atom is -0.409 e. The molecule has 0 aromatic carbocycles. The Hall–Kier alpha value is -0.770. The van der Waals surface area contributed by atoms with Crippen LogP contribution in [0.2, 0.25) is 0 Å². The van der Waals surface area contributed by atoms with E-state index in [4.69, 9.17) is 10.9 Å². The summed E-state index contributed by atoms with van der Waals surface area (Å²) in [5.74, 6) is 0.319. The summed E-state index contributed by atoms with van der Waals surface area (Å²) >= 11 is 0. The number of amidine groups is 1. The van der Waals surface area contributed by atoms with Crippen molar-refractivity contribution in [1.82, 2.24) is 5.32 Å². The summed E-state index contributed by atoms with van der Waals surface area (Å²) in [6.45, 7) is 9.58. The Balaban J connectivity index is 2.16. The molecule has 1 aliphatic rings. The summed E-state index contributed by atoms with van der Waals surface area (Å²) in [7, 11) is 0. The van der Waals surface area contributed by atoms with Gasteiger partial charge >= 0.3 is 0 Å². The monoisotopic (exact) mass is 227 g/mol. The van der Waals surface area contributed by atoms with Crippen molar-refractivity contribution in [2.75, 3.05) is 6.54 Å². The average Bonchev–Trinajstić information content (AvgIpc) is 2.80. The van der Waals surface area contributed by atoms with Crippen molar-refractivity contribution in [3.8, 4) is 0 Å². The zero-order valence-corrected chi connectivity index (χ0v) is 10.9. The van der Waals surface area contributed by atoms with Crippen molar-refractivity contribution >= 4 is 5.84 Å². The smallest absolute Gasteiger partial charge is 0.144 e. The molecule has 16 heavy (non-hydrogen) atoms. The Labute approximate surface area is 98.3 Å². The van der Waals surface area contributed by atoms with Gasteiger partial charge in [-0.05, 0) is 31.2 Å². The van der Waals surface area contributed by atoms with Crippen molar-refractivity contribution < 1.29 is 5.21 Å². The van der Waals surface area contributed by atoms with E-state index in [9.17, 15) is 0 Å². The lowest BCUT2D eigenvalue weighted by atomic mass is 9.86. The van der Waals surface area contributed by atoms with E-state index in [1.807, 2.05) is 13.8 Å². The lowest BCUT2D eigenvalue weighted by Crippen LogP contribution is -2.33. The molecule has 0 aromatic heterocycles. The van der Waals surface area contributed by atoms with Crippen LogP contribution in [0.25, 0.3) is 0 Å². The minimum atomic E-state index is -0.213. The molecule has 94 valence electrons. The third kappa shape index (κ3) is 3.37. The van der Waals surface area contributed by atoms with Crippen LogP contribution >= 0.6 is 0 Å². The van der Waals surface area contributed by atoms with Crippen LogP contribution < -0.4 is 11.1 Å². The van der Waals surface area contributed by atoms with Gasteiger partial charge in [0.25, 0.3) is 0 Å². The Morgan fingerprint density at radius 2 is 2.12 bits per heavy atom. The van der Waals surface area contributed by atoms with E-state index >= 15 is 0 Å². The lowest BCUT2D eigenvalue weighted by Gasteiger charge is -2.22. The van der Waals surface area contributed by atoms with Crippen molar-refractivity contribution in [1.29, 1.82) is 0 Å². The highest BCUT2D eigenvalue weighted by molar-refractivity contribution is 5.85. The number of hydrogen-bond donors (Lipinski definition) is 3. The fourth-order valence-electron chi connectivity index (χ4n) is 1.89. The predicted octanol–water partition coefficient (Wildman–Crippen LogP) is 1.93. The van der Waals surface area contributed by atoms with Gasteiger partial charge < -0.3 is 16.3 Å². The van der Waals surface area contributed by atoms with Gasteiger partial charge in [0.15, 0.2) is 0 Å². The fourth-order valence-corrected chi connectivity index (χ4v) is 1.89. The van der Waals surface area contributed by atoms with Gasteiger partial charge in [-0.3, -0.25) is 0 Å². The second-order valence-corrected chi connectivity index (χ2v) is 6.17. The molecule has 0 aromatic rings. The Morgan fingerprint density at radius 1 is 1.56 bits per heavy atom. The van der Waals surface area contributed by atoms with Gasteiger partial charge in [0.05, 0.1) is 0 Å². The zero-order chi connectivity index (χ0) is 12.4. The van der Waals surface area contributed by atoms with Crippen LogP contribution in [0, 0.1) is 10.8 Å². The predicted molar refractivity (Wildman–Crippen MR) is 66.6 cm³/mol. The standard InChI is InChI=1S/C12H25N3O/c1-11(2,10(13)15-16)6-5-7-14-9-8-12(9,3)4/h9,14,16H,5-8H2,1-4H3,(H2,13,15). The highest BCUT2D eigenvalue weighted by atomic mass is 16.4. The molecule has 4 nitrogen and oxygen atoms in total. The second-order valence-electron chi connectivity index (χ2n) is 6.17. The fraction of sp³-hybridized carbons (Fsp3) is 0.917. The summed E-state index contributed by atoms with van der Waals surface area (Å²) in [6.07, 6.45) is 3.26. The van der Waals surface area contributed by atoms with Crippen LogP contribution in [0.5, 0.6) is 0 Å². The van der Waals surface area contributed by atoms with Gasteiger partial charge in [0.1, 0.15) is 5.84 Å². The molecule has 0 spiro atoms. The van der Waals surface area contributed by atoms with Crippen LogP contribution in [0.3, 0.4) is 0 Å². The molecule has 4 N–H and O–H groups in total. The Bertz CT molecular complexity index is 271. The third-order valence-electron chi connectivity index (χ3n) is 3.68. The first kappa shape index (κ1) is 13.3. The minimum absolute atomic E-state index is 0.213. The molecular formula is C12H25N3O. The number of oxime groups is 1. The quantitative estimate of drug-likeness (QED) is 0.213. The van der Waals surface area contributed by atoms with Crippen LogP contribution in [-0.2, 0) is 0 Å². The van der Waals surface area contributed by atoms with E-state index in [1.54, 1.807) is 0 Å². The molecule has 4 heteroatoms. The maximum absolute atomic E-state index is 8.64. The molecule has 0 bridgehead atoms. The molecule has 0 radical (unpaired) electrons.